The molecule has 1 atom stereocenters. The second kappa shape index (κ2) is 2.57. The van der Waals surface area contributed by atoms with Crippen LogP contribution >= 0.6 is 0 Å². The van der Waals surface area contributed by atoms with Crippen LogP contribution in [-0.4, -0.2) is 5.78 Å². The van der Waals surface area contributed by atoms with Gasteiger partial charge in [-0.15, -0.1) is 0 Å². The lowest BCUT2D eigenvalue weighted by Gasteiger charge is -2.04. The molecule has 0 aliphatic heterocycles. The molecule has 1 heteroatoms. The molecule has 0 fully saturated rings. The van der Waals surface area contributed by atoms with E-state index in [0.717, 1.165) is 12.0 Å². The lowest BCUT2D eigenvalue weighted by atomic mass is 10.0. The van der Waals surface area contributed by atoms with Crippen molar-refractivity contribution in [1.29, 1.82) is 0 Å². The molecule has 0 spiro atoms. The zero-order chi connectivity index (χ0) is 7.72. The minimum absolute atomic E-state index is 0.266. The number of allylic oxidation sites excluding steroid dienone is 2. The third kappa shape index (κ3) is 1.13. The minimum atomic E-state index is 0.266. The van der Waals surface area contributed by atoms with Gasteiger partial charge in [-0.3, -0.25) is 4.79 Å². The van der Waals surface area contributed by atoms with Gasteiger partial charge in [0.2, 0.25) is 0 Å². The smallest absolute Gasteiger partial charge is 0.156 e. The van der Waals surface area contributed by atoms with E-state index in [1.807, 2.05) is 0 Å². The van der Waals surface area contributed by atoms with Crippen LogP contribution in [0.5, 0.6) is 0 Å². The Hall–Kier alpha value is -0.590. The summed E-state index contributed by atoms with van der Waals surface area (Å²) in [7, 11) is 0. The van der Waals surface area contributed by atoms with Crippen molar-refractivity contribution in [2.75, 3.05) is 0 Å². The lowest BCUT2D eigenvalue weighted by Crippen LogP contribution is -2.02. The summed E-state index contributed by atoms with van der Waals surface area (Å²) >= 11 is 0. The van der Waals surface area contributed by atoms with Crippen molar-refractivity contribution in [3.63, 3.8) is 0 Å². The predicted octanol–water partition coefficient (Wildman–Crippen LogP) is 2.32. The van der Waals surface area contributed by atoms with Crippen molar-refractivity contribution in [2.24, 2.45) is 5.92 Å². The van der Waals surface area contributed by atoms with Crippen LogP contribution in [0.1, 0.15) is 33.6 Å². The fourth-order valence-corrected chi connectivity index (χ4v) is 1.78. The summed E-state index contributed by atoms with van der Waals surface area (Å²) in [6, 6.07) is 0. The quantitative estimate of drug-likeness (QED) is 0.543. The van der Waals surface area contributed by atoms with E-state index in [4.69, 9.17) is 0 Å². The molecule has 1 aliphatic rings. The van der Waals surface area contributed by atoms with Crippen molar-refractivity contribution in [2.45, 2.75) is 33.6 Å². The molecule has 1 rings (SSSR count). The molecule has 0 amide bonds. The zero-order valence-electron chi connectivity index (χ0n) is 6.90. The first-order chi connectivity index (χ1) is 4.63. The molecule has 1 unspecified atom stereocenters. The first kappa shape index (κ1) is 7.52. The molecule has 0 saturated heterocycles. The van der Waals surface area contributed by atoms with Gasteiger partial charge in [0.1, 0.15) is 0 Å². The third-order valence-corrected chi connectivity index (χ3v) is 2.28. The molecule has 10 heavy (non-hydrogen) atoms. The van der Waals surface area contributed by atoms with E-state index < -0.39 is 0 Å². The molecule has 0 aromatic rings. The average Bonchev–Trinajstić information content (AvgIpc) is 2.11. The molecule has 0 radical (unpaired) electrons. The maximum atomic E-state index is 11.0. The topological polar surface area (TPSA) is 17.1 Å². The molecule has 1 nitrogen and oxygen atoms in total. The Morgan fingerprint density at radius 2 is 2.20 bits per heavy atom. The highest BCUT2D eigenvalue weighted by atomic mass is 16.1. The molecule has 0 saturated carbocycles. The molecular weight excluding hydrogens is 124 g/mol. The Balaban J connectivity index is 2.88. The fraction of sp³-hybridized carbons (Fsp3) is 0.667. The maximum absolute atomic E-state index is 11.0. The predicted molar refractivity (Wildman–Crippen MR) is 41.8 cm³/mol. The Morgan fingerprint density at radius 1 is 1.60 bits per heavy atom. The summed E-state index contributed by atoms with van der Waals surface area (Å²) < 4.78 is 0. The highest BCUT2D eigenvalue weighted by molar-refractivity contribution is 5.94. The van der Waals surface area contributed by atoms with E-state index in [1.54, 1.807) is 6.92 Å². The summed E-state index contributed by atoms with van der Waals surface area (Å²) in [5.41, 5.74) is 2.39. The molecule has 0 aromatic carbocycles. The van der Waals surface area contributed by atoms with Crippen molar-refractivity contribution in [1.82, 2.24) is 0 Å². The summed E-state index contributed by atoms with van der Waals surface area (Å²) in [4.78, 5) is 11.0. The monoisotopic (exact) mass is 138 g/mol. The van der Waals surface area contributed by atoms with Crippen molar-refractivity contribution >= 4 is 5.78 Å². The molecule has 56 valence electrons. The van der Waals surface area contributed by atoms with Crippen molar-refractivity contribution < 1.29 is 4.79 Å². The van der Waals surface area contributed by atoms with Crippen molar-refractivity contribution in [3.05, 3.63) is 11.1 Å². The van der Waals surface area contributed by atoms with Gasteiger partial charge < -0.3 is 0 Å². The Bertz CT molecular complexity index is 189. The summed E-state index contributed by atoms with van der Waals surface area (Å²) in [6.07, 6.45) is 2.29. The van der Waals surface area contributed by atoms with Crippen LogP contribution in [-0.2, 0) is 4.79 Å². The van der Waals surface area contributed by atoms with E-state index in [-0.39, 0.29) is 5.78 Å². The van der Waals surface area contributed by atoms with Gasteiger partial charge >= 0.3 is 0 Å². The molecule has 0 bridgehead atoms. The number of ketones is 1. The fourth-order valence-electron chi connectivity index (χ4n) is 1.78. The summed E-state index contributed by atoms with van der Waals surface area (Å²) in [6.45, 7) is 5.87. The van der Waals surface area contributed by atoms with Gasteiger partial charge in [0.15, 0.2) is 5.78 Å². The summed E-state index contributed by atoms with van der Waals surface area (Å²) in [5.74, 6) is 0.778. The molecule has 0 aromatic heterocycles. The van der Waals surface area contributed by atoms with Crippen molar-refractivity contribution in [3.8, 4) is 0 Å². The summed E-state index contributed by atoms with van der Waals surface area (Å²) in [5, 5.41) is 0. The van der Waals surface area contributed by atoms with E-state index in [2.05, 4.69) is 13.8 Å². The largest absolute Gasteiger partial charge is 0.295 e. The highest BCUT2D eigenvalue weighted by Crippen LogP contribution is 2.31. The number of hydrogen-bond acceptors (Lipinski definition) is 1. The average molecular weight is 138 g/mol. The van der Waals surface area contributed by atoms with Crippen LogP contribution in [0.25, 0.3) is 0 Å². The Kier molecular flexibility index (Phi) is 1.93. The first-order valence-corrected chi connectivity index (χ1v) is 3.83. The normalized spacial score (nSPS) is 25.7. The maximum Gasteiger partial charge on any atom is 0.156 e. The van der Waals surface area contributed by atoms with Crippen LogP contribution in [0, 0.1) is 5.92 Å². The van der Waals surface area contributed by atoms with E-state index in [0.29, 0.717) is 5.92 Å². The second-order valence-electron chi connectivity index (χ2n) is 3.19. The molecule has 0 N–H and O–H groups in total. The number of carbonyl (C=O) groups excluding carboxylic acids is 1. The zero-order valence-corrected chi connectivity index (χ0v) is 6.90. The minimum Gasteiger partial charge on any atom is -0.295 e. The molecular formula is C9H14O. The van der Waals surface area contributed by atoms with Crippen LogP contribution in [0.15, 0.2) is 11.1 Å². The number of Topliss-reactive ketones (excluding diaryl/α,β-unsaturated/α-hetero) is 1. The molecule has 1 aliphatic carbocycles. The SMILES string of the molecule is CC(=O)C1=C(C)CCC1C. The standard InChI is InChI=1S/C9H14O/c1-6-4-5-7(2)9(6)8(3)10/h6H,4-5H2,1-3H3. The van der Waals surface area contributed by atoms with Crippen LogP contribution in [0.4, 0.5) is 0 Å². The van der Waals surface area contributed by atoms with Crippen LogP contribution in [0.3, 0.4) is 0 Å². The van der Waals surface area contributed by atoms with Gasteiger partial charge in [-0.05, 0) is 38.2 Å². The van der Waals surface area contributed by atoms with E-state index >= 15 is 0 Å². The lowest BCUT2D eigenvalue weighted by molar-refractivity contribution is -0.114. The van der Waals surface area contributed by atoms with Gasteiger partial charge in [0.05, 0.1) is 0 Å². The Morgan fingerprint density at radius 3 is 2.40 bits per heavy atom. The van der Waals surface area contributed by atoms with Gasteiger partial charge in [-0.2, -0.15) is 0 Å². The van der Waals surface area contributed by atoms with Gasteiger partial charge in [0.25, 0.3) is 0 Å². The number of rotatable bonds is 1. The second-order valence-corrected chi connectivity index (χ2v) is 3.19. The van der Waals surface area contributed by atoms with Gasteiger partial charge in [-0.1, -0.05) is 12.5 Å². The number of hydrogen-bond donors (Lipinski definition) is 0. The van der Waals surface area contributed by atoms with E-state index in [1.165, 1.54) is 12.0 Å². The number of carbonyl (C=O) groups is 1. The van der Waals surface area contributed by atoms with Crippen LogP contribution < -0.4 is 0 Å². The Labute approximate surface area is 62.1 Å². The van der Waals surface area contributed by atoms with Gasteiger partial charge in [0, 0.05) is 0 Å². The first-order valence-electron chi connectivity index (χ1n) is 3.83. The third-order valence-electron chi connectivity index (χ3n) is 2.28. The molecule has 0 heterocycles. The highest BCUT2D eigenvalue weighted by Gasteiger charge is 2.21. The van der Waals surface area contributed by atoms with E-state index in [9.17, 15) is 4.79 Å². The van der Waals surface area contributed by atoms with Gasteiger partial charge in [-0.25, -0.2) is 0 Å². The van der Waals surface area contributed by atoms with Crippen LogP contribution in [0.2, 0.25) is 0 Å².